The molecule has 2 atom stereocenters. The van der Waals surface area contributed by atoms with E-state index in [0.717, 1.165) is 38.4 Å². The molecular weight excluding hydrogens is 388 g/mol. The van der Waals surface area contributed by atoms with Crippen molar-refractivity contribution in [3.63, 3.8) is 0 Å². The van der Waals surface area contributed by atoms with Gasteiger partial charge in [-0.25, -0.2) is 0 Å². The summed E-state index contributed by atoms with van der Waals surface area (Å²) < 4.78 is 11.4. The molecule has 2 aromatic carbocycles. The molecule has 1 aliphatic rings. The maximum atomic E-state index is 13.4. The average molecular weight is 417 g/mol. The molecule has 0 saturated carbocycles. The standard InChI is InChI=1S/C23H29ClN2O3/c1-18(16-25-12-14-28-15-13-25)26(17-20-8-4-3-5-9-20)23(27)19(2)29-22-11-7-6-10-21(22)24/h3-11,18-19H,12-17H2,1-2H3. The van der Waals surface area contributed by atoms with Crippen LogP contribution in [0, 0.1) is 0 Å². The number of carbonyl (C=O) groups is 1. The topological polar surface area (TPSA) is 42.0 Å². The van der Waals surface area contributed by atoms with Gasteiger partial charge in [-0.05, 0) is 31.5 Å². The first kappa shape index (κ1) is 21.6. The molecule has 5 nitrogen and oxygen atoms in total. The van der Waals surface area contributed by atoms with Crippen LogP contribution in [0.1, 0.15) is 19.4 Å². The van der Waals surface area contributed by atoms with Gasteiger partial charge in [-0.1, -0.05) is 54.1 Å². The molecule has 2 unspecified atom stereocenters. The monoisotopic (exact) mass is 416 g/mol. The van der Waals surface area contributed by atoms with E-state index in [1.54, 1.807) is 19.1 Å². The van der Waals surface area contributed by atoms with Crippen LogP contribution < -0.4 is 4.74 Å². The van der Waals surface area contributed by atoms with Gasteiger partial charge in [0.2, 0.25) is 0 Å². The van der Waals surface area contributed by atoms with Crippen molar-refractivity contribution in [2.75, 3.05) is 32.8 Å². The second-order valence-corrected chi connectivity index (χ2v) is 7.81. The number of amides is 1. The molecule has 29 heavy (non-hydrogen) atoms. The summed E-state index contributed by atoms with van der Waals surface area (Å²) in [5, 5.41) is 0.503. The van der Waals surface area contributed by atoms with Crippen molar-refractivity contribution in [3.05, 3.63) is 65.2 Å². The number of ether oxygens (including phenoxy) is 2. The van der Waals surface area contributed by atoms with Crippen molar-refractivity contribution in [2.24, 2.45) is 0 Å². The molecule has 1 heterocycles. The third-order valence-corrected chi connectivity index (χ3v) is 5.44. The lowest BCUT2D eigenvalue weighted by atomic mass is 10.1. The summed E-state index contributed by atoms with van der Waals surface area (Å²) in [4.78, 5) is 17.6. The van der Waals surface area contributed by atoms with Crippen LogP contribution in [0.25, 0.3) is 0 Å². The second-order valence-electron chi connectivity index (χ2n) is 7.40. The van der Waals surface area contributed by atoms with Gasteiger partial charge in [-0.3, -0.25) is 9.69 Å². The molecule has 1 saturated heterocycles. The molecule has 0 spiro atoms. The lowest BCUT2D eigenvalue weighted by Gasteiger charge is -2.36. The Bertz CT molecular complexity index is 781. The summed E-state index contributed by atoms with van der Waals surface area (Å²) in [6, 6.07) is 17.3. The van der Waals surface area contributed by atoms with Gasteiger partial charge in [-0.2, -0.15) is 0 Å². The first-order valence-electron chi connectivity index (χ1n) is 10.1. The molecule has 0 bridgehead atoms. The van der Waals surface area contributed by atoms with E-state index >= 15 is 0 Å². The number of rotatable bonds is 8. The Kier molecular flexibility index (Phi) is 7.92. The number of benzene rings is 2. The maximum absolute atomic E-state index is 13.4. The highest BCUT2D eigenvalue weighted by atomic mass is 35.5. The van der Waals surface area contributed by atoms with E-state index in [1.165, 1.54) is 0 Å². The molecule has 0 aliphatic carbocycles. The van der Waals surface area contributed by atoms with E-state index in [0.29, 0.717) is 17.3 Å². The lowest BCUT2D eigenvalue weighted by molar-refractivity contribution is -0.141. The first-order chi connectivity index (χ1) is 14.0. The van der Waals surface area contributed by atoms with Crippen LogP contribution in [0.3, 0.4) is 0 Å². The van der Waals surface area contributed by atoms with Crippen LogP contribution in [0.4, 0.5) is 0 Å². The fourth-order valence-electron chi connectivity index (χ4n) is 3.50. The van der Waals surface area contributed by atoms with Crippen LogP contribution >= 0.6 is 11.6 Å². The number of hydrogen-bond donors (Lipinski definition) is 0. The van der Waals surface area contributed by atoms with Crippen molar-refractivity contribution >= 4 is 17.5 Å². The predicted octanol–water partition coefficient (Wildman–Crippen LogP) is 3.86. The zero-order valence-electron chi connectivity index (χ0n) is 17.1. The fourth-order valence-corrected chi connectivity index (χ4v) is 3.68. The molecule has 1 aliphatic heterocycles. The first-order valence-corrected chi connectivity index (χ1v) is 10.5. The Morgan fingerprint density at radius 2 is 1.76 bits per heavy atom. The molecule has 0 aromatic heterocycles. The van der Waals surface area contributed by atoms with Crippen molar-refractivity contribution < 1.29 is 14.3 Å². The SMILES string of the molecule is CC(Oc1ccccc1Cl)C(=O)N(Cc1ccccc1)C(C)CN1CCOCC1. The van der Waals surface area contributed by atoms with Gasteiger partial charge >= 0.3 is 0 Å². The molecule has 0 radical (unpaired) electrons. The Labute approximate surface area is 178 Å². The number of nitrogens with zero attached hydrogens (tertiary/aromatic N) is 2. The maximum Gasteiger partial charge on any atom is 0.263 e. The van der Waals surface area contributed by atoms with Gasteiger partial charge in [0.05, 0.1) is 18.2 Å². The third-order valence-electron chi connectivity index (χ3n) is 5.13. The van der Waals surface area contributed by atoms with Crippen molar-refractivity contribution in [3.8, 4) is 5.75 Å². The van der Waals surface area contributed by atoms with E-state index in [4.69, 9.17) is 21.1 Å². The van der Waals surface area contributed by atoms with Gasteiger partial charge < -0.3 is 14.4 Å². The van der Waals surface area contributed by atoms with Crippen LogP contribution in [-0.4, -0.2) is 60.7 Å². The zero-order valence-corrected chi connectivity index (χ0v) is 17.8. The molecule has 1 fully saturated rings. The minimum absolute atomic E-state index is 0.0399. The van der Waals surface area contributed by atoms with E-state index in [2.05, 4.69) is 11.8 Å². The number of carbonyl (C=O) groups excluding carboxylic acids is 1. The van der Waals surface area contributed by atoms with Crippen LogP contribution in [0.5, 0.6) is 5.75 Å². The highest BCUT2D eigenvalue weighted by Gasteiger charge is 2.28. The number of halogens is 1. The summed E-state index contributed by atoms with van der Waals surface area (Å²) >= 11 is 6.21. The Hall–Kier alpha value is -2.08. The second kappa shape index (κ2) is 10.6. The summed E-state index contributed by atoms with van der Waals surface area (Å²) in [5.41, 5.74) is 1.10. The number of morpholine rings is 1. The van der Waals surface area contributed by atoms with Gasteiger partial charge in [0, 0.05) is 32.2 Å². The molecule has 0 N–H and O–H groups in total. The Morgan fingerprint density at radius 1 is 1.10 bits per heavy atom. The molecule has 1 amide bonds. The Balaban J connectivity index is 1.73. The molecule has 156 valence electrons. The zero-order chi connectivity index (χ0) is 20.6. The van der Waals surface area contributed by atoms with Gasteiger partial charge in [-0.15, -0.1) is 0 Å². The predicted molar refractivity (Wildman–Crippen MR) is 115 cm³/mol. The minimum Gasteiger partial charge on any atom is -0.479 e. The highest BCUT2D eigenvalue weighted by Crippen LogP contribution is 2.25. The number of para-hydroxylation sites is 1. The smallest absolute Gasteiger partial charge is 0.263 e. The largest absolute Gasteiger partial charge is 0.479 e. The minimum atomic E-state index is -0.634. The van der Waals surface area contributed by atoms with E-state index in [-0.39, 0.29) is 11.9 Å². The quantitative estimate of drug-likeness (QED) is 0.655. The molecular formula is C23H29ClN2O3. The third kappa shape index (κ3) is 6.20. The Morgan fingerprint density at radius 3 is 2.45 bits per heavy atom. The highest BCUT2D eigenvalue weighted by molar-refractivity contribution is 6.32. The van der Waals surface area contributed by atoms with E-state index in [1.807, 2.05) is 47.4 Å². The summed E-state index contributed by atoms with van der Waals surface area (Å²) in [6.45, 7) is 8.50. The lowest BCUT2D eigenvalue weighted by Crippen LogP contribution is -2.50. The van der Waals surface area contributed by atoms with Gasteiger partial charge in [0.25, 0.3) is 5.91 Å². The van der Waals surface area contributed by atoms with Crippen molar-refractivity contribution in [1.29, 1.82) is 0 Å². The van der Waals surface area contributed by atoms with Crippen LogP contribution in [0.2, 0.25) is 5.02 Å². The van der Waals surface area contributed by atoms with Gasteiger partial charge in [0.15, 0.2) is 6.10 Å². The average Bonchev–Trinajstić information content (AvgIpc) is 2.74. The molecule has 2 aromatic rings. The normalized spacial score (nSPS) is 16.8. The fraction of sp³-hybridized carbons (Fsp3) is 0.435. The van der Waals surface area contributed by atoms with E-state index in [9.17, 15) is 4.79 Å². The molecule has 6 heteroatoms. The van der Waals surface area contributed by atoms with E-state index < -0.39 is 6.10 Å². The summed E-state index contributed by atoms with van der Waals surface area (Å²) in [7, 11) is 0. The number of hydrogen-bond acceptors (Lipinski definition) is 4. The summed E-state index contributed by atoms with van der Waals surface area (Å²) in [5.74, 6) is 0.477. The molecule has 3 rings (SSSR count). The van der Waals surface area contributed by atoms with Crippen LogP contribution in [0.15, 0.2) is 54.6 Å². The van der Waals surface area contributed by atoms with Crippen molar-refractivity contribution in [1.82, 2.24) is 9.80 Å². The van der Waals surface area contributed by atoms with Crippen molar-refractivity contribution in [2.45, 2.75) is 32.5 Å². The summed E-state index contributed by atoms with van der Waals surface area (Å²) in [6.07, 6.45) is -0.634. The van der Waals surface area contributed by atoms with Crippen LogP contribution in [-0.2, 0) is 16.1 Å². The van der Waals surface area contributed by atoms with Gasteiger partial charge in [0.1, 0.15) is 5.75 Å².